The van der Waals surface area contributed by atoms with Gasteiger partial charge in [-0.2, -0.15) is 10.4 Å². The average Bonchev–Trinajstić information content (AvgIpc) is 3.53. The molecule has 1 saturated heterocycles. The van der Waals surface area contributed by atoms with Crippen LogP contribution in [0.4, 0.5) is 11.5 Å². The molecule has 3 aromatic rings. The fourth-order valence-corrected chi connectivity index (χ4v) is 4.83. The molecular formula is C24H28N8. The Bertz CT molecular complexity index is 1060. The van der Waals surface area contributed by atoms with Crippen molar-refractivity contribution in [1.29, 1.82) is 5.26 Å². The number of hydrogen-bond acceptors (Lipinski definition) is 7. The van der Waals surface area contributed by atoms with Gasteiger partial charge >= 0.3 is 0 Å². The summed E-state index contributed by atoms with van der Waals surface area (Å²) in [7, 11) is 0. The zero-order chi connectivity index (χ0) is 21.8. The maximum Gasteiger partial charge on any atom is 0.148 e. The summed E-state index contributed by atoms with van der Waals surface area (Å²) in [4.78, 5) is 15.9. The van der Waals surface area contributed by atoms with Crippen molar-refractivity contribution in [2.75, 3.05) is 11.9 Å². The molecule has 32 heavy (non-hydrogen) atoms. The summed E-state index contributed by atoms with van der Waals surface area (Å²) in [5.41, 5.74) is 3.47. The van der Waals surface area contributed by atoms with Crippen molar-refractivity contribution < 1.29 is 0 Å². The summed E-state index contributed by atoms with van der Waals surface area (Å²) >= 11 is 0. The van der Waals surface area contributed by atoms with E-state index >= 15 is 0 Å². The van der Waals surface area contributed by atoms with Gasteiger partial charge in [0, 0.05) is 18.3 Å². The van der Waals surface area contributed by atoms with Crippen LogP contribution in [0.1, 0.15) is 74.0 Å². The highest BCUT2D eigenvalue weighted by molar-refractivity contribution is 5.54. The Morgan fingerprint density at radius 1 is 0.969 bits per heavy atom. The molecule has 3 aromatic heterocycles. The molecule has 8 nitrogen and oxygen atoms in total. The molecule has 4 heterocycles. The van der Waals surface area contributed by atoms with Crippen molar-refractivity contribution in [3.63, 3.8) is 0 Å². The molecule has 0 bridgehead atoms. The van der Waals surface area contributed by atoms with E-state index in [2.05, 4.69) is 36.2 Å². The van der Waals surface area contributed by atoms with Crippen LogP contribution in [0.15, 0.2) is 43.1 Å². The van der Waals surface area contributed by atoms with Gasteiger partial charge in [0.1, 0.15) is 17.6 Å². The normalized spacial score (nSPS) is 19.7. The van der Waals surface area contributed by atoms with Crippen molar-refractivity contribution >= 4 is 11.5 Å². The first-order valence-electron chi connectivity index (χ1n) is 11.5. The number of piperidine rings is 1. The average molecular weight is 429 g/mol. The zero-order valence-corrected chi connectivity index (χ0v) is 18.2. The molecule has 2 fully saturated rings. The van der Waals surface area contributed by atoms with E-state index in [9.17, 15) is 0 Å². The smallest absolute Gasteiger partial charge is 0.148 e. The first-order valence-corrected chi connectivity index (χ1v) is 11.5. The number of hydrogen-bond donors (Lipinski definition) is 1. The van der Waals surface area contributed by atoms with Crippen molar-refractivity contribution in [3.05, 3.63) is 60.1 Å². The first-order chi connectivity index (χ1) is 15.8. The largest absolute Gasteiger partial charge is 0.338 e. The molecule has 5 rings (SSSR count). The Hall–Kier alpha value is -3.31. The van der Waals surface area contributed by atoms with Gasteiger partial charge in [0.05, 0.1) is 48.3 Å². The number of nitriles is 1. The van der Waals surface area contributed by atoms with Gasteiger partial charge in [-0.25, -0.2) is 9.97 Å². The Balaban J connectivity index is 1.25. The zero-order valence-electron chi connectivity index (χ0n) is 18.2. The van der Waals surface area contributed by atoms with Crippen LogP contribution >= 0.6 is 0 Å². The van der Waals surface area contributed by atoms with Crippen LogP contribution in [0.3, 0.4) is 0 Å². The number of anilines is 2. The molecule has 0 amide bonds. The monoisotopic (exact) mass is 428 g/mol. The van der Waals surface area contributed by atoms with Crippen LogP contribution in [0.5, 0.6) is 0 Å². The minimum Gasteiger partial charge on any atom is -0.338 e. The lowest BCUT2D eigenvalue weighted by Gasteiger charge is -2.34. The second-order valence-electron chi connectivity index (χ2n) is 8.74. The Morgan fingerprint density at radius 2 is 1.84 bits per heavy atom. The van der Waals surface area contributed by atoms with Gasteiger partial charge in [0.15, 0.2) is 0 Å². The highest BCUT2D eigenvalue weighted by Crippen LogP contribution is 2.32. The Morgan fingerprint density at radius 3 is 2.59 bits per heavy atom. The number of nitrogens with one attached hydrogen (secondary N) is 1. The third kappa shape index (κ3) is 4.63. The standard InChI is InChI=1S/C24H28N8/c25-11-19-8-9-20(13-26-19)30-24-15-27-22(14-28-24)23-7-3-4-10-31(23)16-18-12-29-32(17-18)21-5-1-2-6-21/h8-9,12-15,17,21,23H,1-7,10,16H2,(H,28,30)/t23-/m0/s1. The number of likely N-dealkylation sites (tertiary alicyclic amines) is 1. The second kappa shape index (κ2) is 9.45. The number of aromatic nitrogens is 5. The van der Waals surface area contributed by atoms with E-state index < -0.39 is 0 Å². The lowest BCUT2D eigenvalue weighted by molar-refractivity contribution is 0.137. The predicted molar refractivity (Wildman–Crippen MR) is 121 cm³/mol. The molecule has 0 radical (unpaired) electrons. The van der Waals surface area contributed by atoms with Crippen LogP contribution in [-0.2, 0) is 6.54 Å². The van der Waals surface area contributed by atoms with Crippen LogP contribution in [-0.4, -0.2) is 36.2 Å². The highest BCUT2D eigenvalue weighted by atomic mass is 15.3. The van der Waals surface area contributed by atoms with E-state index in [0.717, 1.165) is 30.9 Å². The number of pyridine rings is 1. The quantitative estimate of drug-likeness (QED) is 0.616. The minimum atomic E-state index is 0.275. The molecular weight excluding hydrogens is 400 g/mol. The molecule has 1 aliphatic carbocycles. The Labute approximate surface area is 188 Å². The number of rotatable bonds is 6. The van der Waals surface area contributed by atoms with Crippen LogP contribution < -0.4 is 5.32 Å². The number of nitrogens with zero attached hydrogens (tertiary/aromatic N) is 7. The molecule has 1 saturated carbocycles. The third-order valence-corrected chi connectivity index (χ3v) is 6.52. The molecule has 0 unspecified atom stereocenters. The lowest BCUT2D eigenvalue weighted by Crippen LogP contribution is -2.33. The van der Waals surface area contributed by atoms with Gasteiger partial charge < -0.3 is 5.32 Å². The van der Waals surface area contributed by atoms with E-state index in [1.165, 1.54) is 44.1 Å². The van der Waals surface area contributed by atoms with Crippen molar-refractivity contribution in [2.45, 2.75) is 63.6 Å². The maximum atomic E-state index is 8.87. The van der Waals surface area contributed by atoms with E-state index in [0.29, 0.717) is 17.6 Å². The third-order valence-electron chi connectivity index (χ3n) is 6.52. The molecule has 8 heteroatoms. The van der Waals surface area contributed by atoms with Crippen LogP contribution in [0.25, 0.3) is 0 Å². The van der Waals surface area contributed by atoms with E-state index in [-0.39, 0.29) is 6.04 Å². The van der Waals surface area contributed by atoms with Crippen LogP contribution in [0.2, 0.25) is 0 Å². The SMILES string of the molecule is N#Cc1ccc(Nc2cnc([C@@H]3CCCCN3Cc3cnn(C4CCCC4)c3)cn2)cn1. The van der Waals surface area contributed by atoms with Gasteiger partial charge in [-0.15, -0.1) is 0 Å². The molecule has 164 valence electrons. The molecule has 1 N–H and O–H groups in total. The van der Waals surface area contributed by atoms with Gasteiger partial charge in [-0.1, -0.05) is 19.3 Å². The summed E-state index contributed by atoms with van der Waals surface area (Å²) in [6.07, 6.45) is 18.2. The lowest BCUT2D eigenvalue weighted by atomic mass is 9.99. The minimum absolute atomic E-state index is 0.275. The summed E-state index contributed by atoms with van der Waals surface area (Å²) in [5, 5.41) is 16.7. The maximum absolute atomic E-state index is 8.87. The van der Waals surface area contributed by atoms with Crippen molar-refractivity contribution in [1.82, 2.24) is 29.6 Å². The van der Waals surface area contributed by atoms with Gasteiger partial charge in [-0.3, -0.25) is 14.6 Å². The summed E-state index contributed by atoms with van der Waals surface area (Å²) in [6, 6.07) is 6.37. The molecule has 0 aromatic carbocycles. The van der Waals surface area contributed by atoms with Gasteiger partial charge in [0.2, 0.25) is 0 Å². The van der Waals surface area contributed by atoms with E-state index in [1.54, 1.807) is 18.5 Å². The first kappa shape index (κ1) is 20.6. The van der Waals surface area contributed by atoms with Gasteiger partial charge in [0.25, 0.3) is 0 Å². The summed E-state index contributed by atoms with van der Waals surface area (Å²) in [6.45, 7) is 1.97. The highest BCUT2D eigenvalue weighted by Gasteiger charge is 2.26. The van der Waals surface area contributed by atoms with Gasteiger partial charge in [-0.05, 0) is 44.4 Å². The molecule has 1 atom stereocenters. The molecule has 2 aliphatic rings. The topological polar surface area (TPSA) is 95.6 Å². The fraction of sp³-hybridized carbons (Fsp3) is 0.458. The van der Waals surface area contributed by atoms with Crippen LogP contribution in [0, 0.1) is 11.3 Å². The Kier molecular flexibility index (Phi) is 6.08. The summed E-state index contributed by atoms with van der Waals surface area (Å²) < 4.78 is 2.18. The summed E-state index contributed by atoms with van der Waals surface area (Å²) in [5.74, 6) is 0.667. The predicted octanol–water partition coefficient (Wildman–Crippen LogP) is 4.53. The van der Waals surface area contributed by atoms with E-state index in [4.69, 9.17) is 10.2 Å². The molecule has 0 spiro atoms. The van der Waals surface area contributed by atoms with Crippen molar-refractivity contribution in [2.24, 2.45) is 0 Å². The molecule has 1 aliphatic heterocycles. The van der Waals surface area contributed by atoms with E-state index in [1.807, 2.05) is 24.5 Å². The fourth-order valence-electron chi connectivity index (χ4n) is 4.83. The second-order valence-corrected chi connectivity index (χ2v) is 8.74. The van der Waals surface area contributed by atoms with Crippen molar-refractivity contribution in [3.8, 4) is 6.07 Å².